The normalized spacial score (nSPS) is 20.5. The fourth-order valence-corrected chi connectivity index (χ4v) is 4.44. The van der Waals surface area contributed by atoms with Gasteiger partial charge in [-0.15, -0.1) is 11.3 Å². The summed E-state index contributed by atoms with van der Waals surface area (Å²) in [5.41, 5.74) is -0.874. The minimum absolute atomic E-state index is 0.118. The van der Waals surface area contributed by atoms with Gasteiger partial charge in [-0.2, -0.15) is 0 Å². The second-order valence-electron chi connectivity index (χ2n) is 4.90. The van der Waals surface area contributed by atoms with Crippen molar-refractivity contribution >= 4 is 21.4 Å². The van der Waals surface area contributed by atoms with Crippen molar-refractivity contribution in [1.29, 1.82) is 0 Å². The van der Waals surface area contributed by atoms with Crippen LogP contribution in [0, 0.1) is 0 Å². The highest BCUT2D eigenvalue weighted by atomic mass is 32.2. The maximum Gasteiger partial charge on any atom is 0.250 e. The van der Waals surface area contributed by atoms with Crippen molar-refractivity contribution in [2.75, 3.05) is 6.54 Å². The fourth-order valence-electron chi connectivity index (χ4n) is 2.28. The van der Waals surface area contributed by atoms with Gasteiger partial charge in [0.25, 0.3) is 0 Å². The minimum atomic E-state index is -3.46. The number of rotatable bonds is 4. The van der Waals surface area contributed by atoms with Crippen LogP contribution in [-0.2, 0) is 10.0 Å². The molecular weight excluding hydrogens is 270 g/mol. The minimum Gasteiger partial charge on any atom is -0.389 e. The lowest BCUT2D eigenvalue weighted by Crippen LogP contribution is -2.42. The first kappa shape index (κ1) is 14.0. The van der Waals surface area contributed by atoms with E-state index in [1.165, 1.54) is 11.3 Å². The van der Waals surface area contributed by atoms with Crippen molar-refractivity contribution in [2.24, 2.45) is 0 Å². The molecule has 0 saturated heterocycles. The zero-order valence-electron chi connectivity index (χ0n) is 10.3. The Morgan fingerprint density at radius 2 is 1.94 bits per heavy atom. The molecule has 0 bridgehead atoms. The van der Waals surface area contributed by atoms with E-state index < -0.39 is 15.6 Å². The molecule has 0 aromatic carbocycles. The molecule has 2 rings (SSSR count). The zero-order chi connectivity index (χ0) is 13.1. The molecule has 102 valence electrons. The van der Waals surface area contributed by atoms with Gasteiger partial charge < -0.3 is 5.11 Å². The molecule has 6 heteroatoms. The van der Waals surface area contributed by atoms with Gasteiger partial charge in [-0.3, -0.25) is 0 Å². The lowest BCUT2D eigenvalue weighted by molar-refractivity contribution is 0.0303. The van der Waals surface area contributed by atoms with Crippen LogP contribution in [0.3, 0.4) is 0 Å². The van der Waals surface area contributed by atoms with Crippen LogP contribution < -0.4 is 4.72 Å². The molecule has 0 atom stereocenters. The average molecular weight is 289 g/mol. The third-order valence-corrected chi connectivity index (χ3v) is 6.18. The summed E-state index contributed by atoms with van der Waals surface area (Å²) < 4.78 is 26.7. The van der Waals surface area contributed by atoms with E-state index >= 15 is 0 Å². The van der Waals surface area contributed by atoms with Crippen LogP contribution in [0.15, 0.2) is 21.7 Å². The second kappa shape index (κ2) is 5.69. The number of thiophene rings is 1. The summed E-state index contributed by atoms with van der Waals surface area (Å²) in [5, 5.41) is 12.1. The van der Waals surface area contributed by atoms with Gasteiger partial charge in [0, 0.05) is 6.54 Å². The summed E-state index contributed by atoms with van der Waals surface area (Å²) >= 11 is 1.19. The van der Waals surface area contributed by atoms with Crippen LogP contribution in [0.4, 0.5) is 0 Å². The molecule has 1 saturated carbocycles. The molecule has 2 N–H and O–H groups in total. The molecule has 0 radical (unpaired) electrons. The molecule has 1 aromatic heterocycles. The number of hydrogen-bond acceptors (Lipinski definition) is 4. The van der Waals surface area contributed by atoms with Gasteiger partial charge >= 0.3 is 0 Å². The van der Waals surface area contributed by atoms with Gasteiger partial charge in [0.1, 0.15) is 4.21 Å². The largest absolute Gasteiger partial charge is 0.389 e. The van der Waals surface area contributed by atoms with E-state index in [1.54, 1.807) is 17.5 Å². The first-order valence-electron chi connectivity index (χ1n) is 6.27. The molecule has 4 nitrogen and oxygen atoms in total. The van der Waals surface area contributed by atoms with Crippen molar-refractivity contribution in [3.8, 4) is 0 Å². The summed E-state index contributed by atoms with van der Waals surface area (Å²) in [4.78, 5) is 0. The third-order valence-electron chi connectivity index (χ3n) is 3.39. The molecule has 0 unspecified atom stereocenters. The molecule has 1 aromatic rings. The lowest BCUT2D eigenvalue weighted by Gasteiger charge is -2.26. The van der Waals surface area contributed by atoms with Crippen LogP contribution in [-0.4, -0.2) is 25.7 Å². The molecule has 1 aliphatic carbocycles. The molecule has 1 aliphatic rings. The van der Waals surface area contributed by atoms with Crippen LogP contribution >= 0.6 is 11.3 Å². The Hall–Kier alpha value is -0.430. The van der Waals surface area contributed by atoms with Crippen LogP contribution in [0.5, 0.6) is 0 Å². The van der Waals surface area contributed by atoms with E-state index in [9.17, 15) is 13.5 Å². The van der Waals surface area contributed by atoms with E-state index in [0.29, 0.717) is 17.1 Å². The number of sulfonamides is 1. The first-order chi connectivity index (χ1) is 8.52. The predicted molar refractivity (Wildman–Crippen MR) is 72.2 cm³/mol. The van der Waals surface area contributed by atoms with Crippen LogP contribution in [0.1, 0.15) is 38.5 Å². The van der Waals surface area contributed by atoms with Crippen LogP contribution in [0.2, 0.25) is 0 Å². The first-order valence-corrected chi connectivity index (χ1v) is 8.64. The van der Waals surface area contributed by atoms with Crippen molar-refractivity contribution in [3.63, 3.8) is 0 Å². The Morgan fingerprint density at radius 3 is 2.50 bits per heavy atom. The molecule has 0 aliphatic heterocycles. The quantitative estimate of drug-likeness (QED) is 0.834. The summed E-state index contributed by atoms with van der Waals surface area (Å²) in [6, 6.07) is 3.28. The summed E-state index contributed by atoms with van der Waals surface area (Å²) in [7, 11) is -3.46. The van der Waals surface area contributed by atoms with Gasteiger partial charge in [0.05, 0.1) is 5.60 Å². The maximum absolute atomic E-state index is 12.0. The monoisotopic (exact) mass is 289 g/mol. The van der Waals surface area contributed by atoms with Gasteiger partial charge in [-0.1, -0.05) is 31.7 Å². The molecular formula is C12H19NO3S2. The summed E-state index contributed by atoms with van der Waals surface area (Å²) in [6.45, 7) is 0.118. The Bertz CT molecular complexity index is 460. The highest BCUT2D eigenvalue weighted by Crippen LogP contribution is 2.27. The van der Waals surface area contributed by atoms with Gasteiger partial charge in [-0.05, 0) is 24.3 Å². The number of aliphatic hydroxyl groups is 1. The van der Waals surface area contributed by atoms with Crippen molar-refractivity contribution < 1.29 is 13.5 Å². The van der Waals surface area contributed by atoms with E-state index in [0.717, 1.165) is 25.7 Å². The Morgan fingerprint density at radius 1 is 1.28 bits per heavy atom. The van der Waals surface area contributed by atoms with Gasteiger partial charge in [-0.25, -0.2) is 13.1 Å². The van der Waals surface area contributed by atoms with Crippen molar-refractivity contribution in [1.82, 2.24) is 4.72 Å². The van der Waals surface area contributed by atoms with E-state index in [2.05, 4.69) is 4.72 Å². The predicted octanol–water partition coefficient (Wildman–Crippen LogP) is 2.11. The summed E-state index contributed by atoms with van der Waals surface area (Å²) in [5.74, 6) is 0. The number of nitrogens with one attached hydrogen (secondary N) is 1. The highest BCUT2D eigenvalue weighted by molar-refractivity contribution is 7.91. The lowest BCUT2D eigenvalue weighted by atomic mass is 9.95. The average Bonchev–Trinajstić information content (AvgIpc) is 2.79. The Labute approximate surface area is 112 Å². The smallest absolute Gasteiger partial charge is 0.250 e. The molecule has 18 heavy (non-hydrogen) atoms. The molecule has 0 amide bonds. The van der Waals surface area contributed by atoms with Crippen molar-refractivity contribution in [2.45, 2.75) is 48.3 Å². The number of hydrogen-bond donors (Lipinski definition) is 2. The molecule has 1 fully saturated rings. The standard InChI is InChI=1S/C12H19NO3S2/c14-12(7-3-1-2-4-8-12)10-13-18(15,16)11-6-5-9-17-11/h5-6,9,13-14H,1-4,7-8,10H2. The summed E-state index contributed by atoms with van der Waals surface area (Å²) in [6.07, 6.45) is 5.55. The van der Waals surface area contributed by atoms with E-state index in [1.807, 2.05) is 0 Å². The molecule has 0 spiro atoms. The third kappa shape index (κ3) is 3.54. The Kier molecular flexibility index (Phi) is 4.42. The SMILES string of the molecule is O=S(=O)(NCC1(O)CCCCCC1)c1cccs1. The highest BCUT2D eigenvalue weighted by Gasteiger charge is 2.30. The maximum atomic E-state index is 12.0. The zero-order valence-corrected chi connectivity index (χ0v) is 11.9. The van der Waals surface area contributed by atoms with Crippen LogP contribution in [0.25, 0.3) is 0 Å². The second-order valence-corrected chi connectivity index (χ2v) is 7.84. The topological polar surface area (TPSA) is 66.4 Å². The van der Waals surface area contributed by atoms with E-state index in [4.69, 9.17) is 0 Å². The Balaban J connectivity index is 1.98. The van der Waals surface area contributed by atoms with E-state index in [-0.39, 0.29) is 6.54 Å². The molecule has 1 heterocycles. The van der Waals surface area contributed by atoms with Gasteiger partial charge in [0.15, 0.2) is 0 Å². The van der Waals surface area contributed by atoms with Crippen molar-refractivity contribution in [3.05, 3.63) is 17.5 Å². The van der Waals surface area contributed by atoms with Gasteiger partial charge in [0.2, 0.25) is 10.0 Å². The fraction of sp³-hybridized carbons (Fsp3) is 0.667.